The van der Waals surface area contributed by atoms with Gasteiger partial charge in [-0.25, -0.2) is 0 Å². The van der Waals surface area contributed by atoms with Crippen molar-refractivity contribution in [3.63, 3.8) is 0 Å². The van der Waals surface area contributed by atoms with Gasteiger partial charge in [0.15, 0.2) is 0 Å². The van der Waals surface area contributed by atoms with Crippen molar-refractivity contribution in [3.05, 3.63) is 81.8 Å². The van der Waals surface area contributed by atoms with Crippen LogP contribution in [0, 0.1) is 54.6 Å². The van der Waals surface area contributed by atoms with Crippen LogP contribution in [0.3, 0.4) is 0 Å². The van der Waals surface area contributed by atoms with Gasteiger partial charge in [-0.15, -0.1) is 0 Å². The molecule has 5 N–H and O–H groups in total. The minimum absolute atomic E-state index is 0.0764. The Hall–Kier alpha value is -2.32. The second-order valence-corrected chi connectivity index (χ2v) is 15.3. The molecule has 2 aromatic carbocycles. The van der Waals surface area contributed by atoms with Gasteiger partial charge in [-0.3, -0.25) is 4.79 Å². The average Bonchev–Trinajstić information content (AvgIpc) is 2.84. The fourth-order valence-corrected chi connectivity index (χ4v) is 7.91. The van der Waals surface area contributed by atoms with Crippen molar-refractivity contribution < 1.29 is 82.7 Å². The molecule has 0 bridgehead atoms. The molecule has 2 aromatic rings. The van der Waals surface area contributed by atoms with Crippen molar-refractivity contribution in [1.82, 2.24) is 4.90 Å². The van der Waals surface area contributed by atoms with Crippen LogP contribution < -0.4 is 0.604 Å². The summed E-state index contributed by atoms with van der Waals surface area (Å²) in [6, 6.07) is 11.0. The summed E-state index contributed by atoms with van der Waals surface area (Å²) < 4.78 is 1.19. The predicted octanol–water partition coefficient (Wildman–Crippen LogP) is 0.691. The number of likely N-dealkylation sites (N-methyl/N-ethyl adjacent to an activating group) is 1. The Labute approximate surface area is 247 Å². The van der Waals surface area contributed by atoms with E-state index < -0.39 is 75.5 Å². The predicted molar refractivity (Wildman–Crippen MR) is 132 cm³/mol. The van der Waals surface area contributed by atoms with Gasteiger partial charge >= 0.3 is 238 Å². The number of aliphatic hydroxyl groups is 4. The van der Waals surface area contributed by atoms with Crippen LogP contribution in [0.15, 0.2) is 65.1 Å². The topological polar surface area (TPSA) is 156 Å². The van der Waals surface area contributed by atoms with E-state index in [1.165, 1.54) is 11.6 Å². The summed E-state index contributed by atoms with van der Waals surface area (Å²) in [5.41, 5.74) is -2.92. The van der Waals surface area contributed by atoms with Gasteiger partial charge in [0.2, 0.25) is 0 Å². The van der Waals surface area contributed by atoms with Crippen molar-refractivity contribution >= 4 is 18.0 Å². The molecule has 0 unspecified atom stereocenters. The van der Waals surface area contributed by atoms with Crippen molar-refractivity contribution in [2.75, 3.05) is 14.1 Å². The van der Waals surface area contributed by atoms with E-state index in [1.54, 1.807) is 26.2 Å². The van der Waals surface area contributed by atoms with Crippen molar-refractivity contribution in [3.8, 4) is 5.75 Å². The SMILES string of the molecule is CC(=O)C1=C(O)[C@@H](N(C)C)[C@@H]2[C@@H](O)[C@H]3C(=C(O)[C@]2(O)C1=O)C(=O)c1c(O)cccc1[C@H]3c1cc[c]([RaH])cc1. The van der Waals surface area contributed by atoms with Gasteiger partial charge in [0.05, 0.1) is 0 Å². The summed E-state index contributed by atoms with van der Waals surface area (Å²) in [7, 11) is 3.09. The average molecular weight is 732 g/mol. The van der Waals surface area contributed by atoms with Gasteiger partial charge in [0.25, 0.3) is 0 Å². The third kappa shape index (κ3) is 3.62. The normalized spacial score (nSPS) is 30.7. The molecular weight excluding hydrogens is 704 g/mol. The molecule has 0 saturated carbocycles. The van der Waals surface area contributed by atoms with Crippen LogP contribution in [0.2, 0.25) is 0 Å². The first kappa shape index (κ1) is 27.3. The fraction of sp³-hybridized carbons (Fsp3) is 0.321. The Morgan fingerprint density at radius 2 is 1.66 bits per heavy atom. The number of aromatic hydroxyl groups is 1. The monoisotopic (exact) mass is 731 g/mol. The minimum atomic E-state index is -2.86. The van der Waals surface area contributed by atoms with E-state index in [0.29, 0.717) is 11.1 Å². The van der Waals surface area contributed by atoms with E-state index in [9.17, 15) is 39.9 Å². The molecule has 194 valence electrons. The maximum atomic E-state index is 13.8. The Kier molecular flexibility index (Phi) is 6.74. The second-order valence-electron chi connectivity index (χ2n) is 10.6. The fourth-order valence-electron chi connectivity index (χ4n) is 6.54. The van der Waals surface area contributed by atoms with Gasteiger partial charge < -0.3 is 0 Å². The number of phenolic OH excluding ortho intramolecular Hbond substituents is 1. The van der Waals surface area contributed by atoms with Gasteiger partial charge in [-0.05, 0) is 6.92 Å². The quantitative estimate of drug-likeness (QED) is 0.287. The van der Waals surface area contributed by atoms with E-state index in [0.717, 1.165) is 6.92 Å². The molecule has 0 saturated heterocycles. The number of hydrogen-bond acceptors (Lipinski definition) is 9. The van der Waals surface area contributed by atoms with Crippen LogP contribution in [0.25, 0.3) is 0 Å². The van der Waals surface area contributed by atoms with Crippen LogP contribution in [-0.2, 0) is 9.59 Å². The van der Waals surface area contributed by atoms with E-state index >= 15 is 0 Å². The molecule has 10 heteroatoms. The summed E-state index contributed by atoms with van der Waals surface area (Å²) in [5.74, 6) is -8.26. The third-order valence-corrected chi connectivity index (χ3v) is 10.9. The van der Waals surface area contributed by atoms with Gasteiger partial charge in [-0.2, -0.15) is 0 Å². The number of hydrogen-bond donors (Lipinski definition) is 5. The molecule has 6 atom stereocenters. The Morgan fingerprint density at radius 1 is 1.03 bits per heavy atom. The van der Waals surface area contributed by atoms with E-state index in [-0.39, 0.29) is 54.1 Å². The summed E-state index contributed by atoms with van der Waals surface area (Å²) in [6.07, 6.45) is -1.62. The number of rotatable bonds is 3. The van der Waals surface area contributed by atoms with Crippen LogP contribution in [0.1, 0.15) is 34.3 Å². The number of carbonyl (C=O) groups excluding carboxylic acids is 3. The molecule has 38 heavy (non-hydrogen) atoms. The zero-order valence-corrected chi connectivity index (χ0v) is 29.6. The summed E-state index contributed by atoms with van der Waals surface area (Å²) >= 11 is 0.0764. The molecule has 9 nitrogen and oxygen atoms in total. The molecule has 0 aromatic heterocycles. The molecule has 0 heterocycles. The van der Waals surface area contributed by atoms with Crippen molar-refractivity contribution in [1.29, 1.82) is 0 Å². The standard InChI is InChI=1S/C28H26NO8.Ra.H/c1-12(30)16-25(34)22(29(2)3)21-24(33)19-17(13-8-5-4-6-9-13)14-10-7-11-15(31)18(14)23(32)20(19)27(36)28(21,37)26(16)35;;/h5-11,17,19,21-22,24,31,33-34,36-37H,1-3H3;;/t17-,19-,21-,22+,24+,28-;;/m1../s1. The molecule has 3 aliphatic rings. The number of benzene rings is 2. The molecule has 0 spiro atoms. The third-order valence-electron chi connectivity index (χ3n) is 8.20. The zero-order chi connectivity index (χ0) is 27.8. The number of carbonyl (C=O) groups is 3. The molecule has 0 radical (unpaired) electrons. The summed E-state index contributed by atoms with van der Waals surface area (Å²) in [4.78, 5) is 41.2. The first-order chi connectivity index (χ1) is 17.8. The van der Waals surface area contributed by atoms with Crippen molar-refractivity contribution in [2.45, 2.75) is 30.6 Å². The van der Waals surface area contributed by atoms with Gasteiger partial charge in [-0.1, -0.05) is 0 Å². The molecule has 0 fully saturated rings. The van der Waals surface area contributed by atoms with E-state index in [1.807, 2.05) is 24.3 Å². The van der Waals surface area contributed by atoms with Crippen LogP contribution in [0.5, 0.6) is 5.75 Å². The Morgan fingerprint density at radius 3 is 2.24 bits per heavy atom. The van der Waals surface area contributed by atoms with E-state index in [2.05, 4.69) is 0 Å². The number of phenols is 1. The van der Waals surface area contributed by atoms with Gasteiger partial charge in [0, 0.05) is 0 Å². The van der Waals surface area contributed by atoms with E-state index in [4.69, 9.17) is 0 Å². The molecular formula is C28H27NO8Ra. The number of ketones is 3. The number of Topliss-reactive ketones (excluding diaryl/α,β-unsaturated/α-hetero) is 3. The number of aliphatic hydroxyl groups excluding tert-OH is 3. The van der Waals surface area contributed by atoms with Crippen LogP contribution >= 0.6 is 0 Å². The summed E-state index contributed by atoms with van der Waals surface area (Å²) in [6.45, 7) is 1.05. The summed E-state index contributed by atoms with van der Waals surface area (Å²) in [5, 5.41) is 57.2. The zero-order valence-electron chi connectivity index (χ0n) is 21.3. The number of nitrogens with zero attached hydrogens (tertiary/aromatic N) is 1. The molecule has 5 rings (SSSR count). The first-order valence-corrected chi connectivity index (χ1v) is 16.4. The van der Waals surface area contributed by atoms with Gasteiger partial charge in [0.1, 0.15) is 0 Å². The van der Waals surface area contributed by atoms with Crippen LogP contribution in [0.4, 0.5) is 0 Å². The molecule has 0 aliphatic heterocycles. The van der Waals surface area contributed by atoms with Crippen LogP contribution in [-0.4, -0.2) is 79.6 Å². The molecule has 0 amide bonds. The first-order valence-electron chi connectivity index (χ1n) is 12.3. The number of fused-ring (bicyclic) bond motifs is 3. The van der Waals surface area contributed by atoms with Crippen molar-refractivity contribution in [2.24, 2.45) is 11.8 Å². The second kappa shape index (κ2) is 9.40. The Balaban J connectivity index is 1.87. The Bertz CT molecular complexity index is 1460. The maximum absolute atomic E-state index is 13.8. The molecule has 3 aliphatic carbocycles.